The molecule has 0 spiro atoms. The molecule has 0 unspecified atom stereocenters. The molecule has 1 aromatic rings. The van der Waals surface area contributed by atoms with Gasteiger partial charge in [-0.3, -0.25) is 9.59 Å². The average molecular weight is 247 g/mol. The summed E-state index contributed by atoms with van der Waals surface area (Å²) < 4.78 is 0. The number of amides is 2. The van der Waals surface area contributed by atoms with E-state index >= 15 is 0 Å². The van der Waals surface area contributed by atoms with Gasteiger partial charge < -0.3 is 16.0 Å². The van der Waals surface area contributed by atoms with Gasteiger partial charge in [0, 0.05) is 26.2 Å². The van der Waals surface area contributed by atoms with E-state index in [-0.39, 0.29) is 11.8 Å². The molecule has 1 heterocycles. The third-order valence-electron chi connectivity index (χ3n) is 2.86. The Morgan fingerprint density at radius 1 is 0.833 bits per heavy atom. The summed E-state index contributed by atoms with van der Waals surface area (Å²) in [7, 11) is 0. The zero-order valence-electron chi connectivity index (χ0n) is 10.1. The van der Waals surface area contributed by atoms with Crippen LogP contribution >= 0.6 is 0 Å². The number of carbonyl (C=O) groups is 2. The minimum Gasteiger partial charge on any atom is -0.354 e. The van der Waals surface area contributed by atoms with Crippen molar-refractivity contribution in [3.8, 4) is 0 Å². The van der Waals surface area contributed by atoms with Gasteiger partial charge >= 0.3 is 0 Å². The van der Waals surface area contributed by atoms with Gasteiger partial charge in [0.25, 0.3) is 0 Å². The molecule has 0 aromatic heterocycles. The van der Waals surface area contributed by atoms with Crippen LogP contribution in [0.2, 0.25) is 0 Å². The lowest BCUT2D eigenvalue weighted by Crippen LogP contribution is -2.45. The molecular formula is C13H17N3O2. The van der Waals surface area contributed by atoms with Crippen LogP contribution in [0.3, 0.4) is 0 Å². The first-order valence-corrected chi connectivity index (χ1v) is 6.10. The predicted octanol–water partition coefficient (Wildman–Crippen LogP) is -0.394. The second-order valence-electron chi connectivity index (χ2n) is 4.18. The van der Waals surface area contributed by atoms with Crippen LogP contribution in [-0.4, -0.2) is 38.0 Å². The highest BCUT2D eigenvalue weighted by molar-refractivity contribution is 6.05. The SMILES string of the molecule is O=C1NCCNCCNC(=O)C1c1ccccc1. The molecule has 0 saturated carbocycles. The van der Waals surface area contributed by atoms with Crippen LogP contribution in [-0.2, 0) is 9.59 Å². The van der Waals surface area contributed by atoms with Crippen molar-refractivity contribution >= 4 is 11.8 Å². The monoisotopic (exact) mass is 247 g/mol. The Morgan fingerprint density at radius 3 is 1.94 bits per heavy atom. The van der Waals surface area contributed by atoms with E-state index in [4.69, 9.17) is 0 Å². The summed E-state index contributed by atoms with van der Waals surface area (Å²) in [5.74, 6) is -1.26. The molecular weight excluding hydrogens is 230 g/mol. The molecule has 5 heteroatoms. The zero-order valence-corrected chi connectivity index (χ0v) is 10.1. The first kappa shape index (κ1) is 12.6. The maximum absolute atomic E-state index is 12.0. The summed E-state index contributed by atoms with van der Waals surface area (Å²) in [6.07, 6.45) is 0. The van der Waals surface area contributed by atoms with E-state index in [0.29, 0.717) is 26.2 Å². The normalized spacial score (nSPS) is 18.9. The number of hydrogen-bond acceptors (Lipinski definition) is 3. The standard InChI is InChI=1S/C13H17N3O2/c17-12-11(10-4-2-1-3-5-10)13(18)16-9-7-14-6-8-15-12/h1-5,11,14H,6-9H2,(H,15,17)(H,16,18). The predicted molar refractivity (Wildman–Crippen MR) is 68.1 cm³/mol. The lowest BCUT2D eigenvalue weighted by Gasteiger charge is -2.19. The number of nitrogens with one attached hydrogen (secondary N) is 3. The first-order valence-electron chi connectivity index (χ1n) is 6.10. The molecule has 18 heavy (non-hydrogen) atoms. The van der Waals surface area contributed by atoms with Crippen LogP contribution in [0.1, 0.15) is 11.5 Å². The summed E-state index contributed by atoms with van der Waals surface area (Å²) >= 11 is 0. The molecule has 5 nitrogen and oxygen atoms in total. The third-order valence-corrected chi connectivity index (χ3v) is 2.86. The van der Waals surface area contributed by atoms with Crippen LogP contribution in [0.5, 0.6) is 0 Å². The van der Waals surface area contributed by atoms with Crippen LogP contribution in [0.25, 0.3) is 0 Å². The molecule has 3 N–H and O–H groups in total. The quantitative estimate of drug-likeness (QED) is 0.592. The molecule has 1 aromatic carbocycles. The minimum atomic E-state index is -0.760. The smallest absolute Gasteiger partial charge is 0.237 e. The first-order chi connectivity index (χ1) is 8.79. The minimum absolute atomic E-state index is 0.248. The van der Waals surface area contributed by atoms with Gasteiger partial charge in [-0.05, 0) is 5.56 Å². The Labute approximate surface area is 106 Å². The average Bonchev–Trinajstić information content (AvgIpc) is 2.39. The highest BCUT2D eigenvalue weighted by Gasteiger charge is 2.28. The van der Waals surface area contributed by atoms with E-state index in [0.717, 1.165) is 5.56 Å². The fourth-order valence-corrected chi connectivity index (χ4v) is 1.94. The summed E-state index contributed by atoms with van der Waals surface area (Å²) in [6.45, 7) is 2.50. The molecule has 1 aliphatic rings. The van der Waals surface area contributed by atoms with Gasteiger partial charge in [0.05, 0.1) is 0 Å². The van der Waals surface area contributed by atoms with Crippen molar-refractivity contribution in [1.82, 2.24) is 16.0 Å². The summed E-state index contributed by atoms with van der Waals surface area (Å²) in [5, 5.41) is 8.66. The summed E-state index contributed by atoms with van der Waals surface area (Å²) in [5.41, 5.74) is 0.723. The van der Waals surface area contributed by atoms with Crippen LogP contribution in [0, 0.1) is 0 Å². The topological polar surface area (TPSA) is 70.2 Å². The van der Waals surface area contributed by atoms with Gasteiger partial charge in [-0.2, -0.15) is 0 Å². The van der Waals surface area contributed by atoms with Gasteiger partial charge in [0.1, 0.15) is 5.92 Å². The van der Waals surface area contributed by atoms with E-state index in [1.54, 1.807) is 12.1 Å². The largest absolute Gasteiger partial charge is 0.354 e. The van der Waals surface area contributed by atoms with Gasteiger partial charge in [-0.1, -0.05) is 30.3 Å². The summed E-state index contributed by atoms with van der Waals surface area (Å²) in [6, 6.07) is 9.12. The number of hydrogen-bond donors (Lipinski definition) is 3. The van der Waals surface area contributed by atoms with Crippen molar-refractivity contribution in [1.29, 1.82) is 0 Å². The van der Waals surface area contributed by atoms with Crippen LogP contribution < -0.4 is 16.0 Å². The second-order valence-corrected chi connectivity index (χ2v) is 4.18. The fourth-order valence-electron chi connectivity index (χ4n) is 1.94. The zero-order chi connectivity index (χ0) is 12.8. The van der Waals surface area contributed by atoms with Gasteiger partial charge in [-0.15, -0.1) is 0 Å². The lowest BCUT2D eigenvalue weighted by atomic mass is 9.97. The molecule has 2 rings (SSSR count). The highest BCUT2D eigenvalue weighted by Crippen LogP contribution is 2.16. The maximum atomic E-state index is 12.0. The van der Waals surface area contributed by atoms with E-state index in [9.17, 15) is 9.59 Å². The van der Waals surface area contributed by atoms with E-state index in [2.05, 4.69) is 16.0 Å². The molecule has 96 valence electrons. The summed E-state index contributed by atoms with van der Waals surface area (Å²) in [4.78, 5) is 24.1. The van der Waals surface area contributed by atoms with Crippen molar-refractivity contribution < 1.29 is 9.59 Å². The third kappa shape index (κ3) is 3.07. The maximum Gasteiger partial charge on any atom is 0.237 e. The Kier molecular flexibility index (Phi) is 4.30. The molecule has 1 saturated heterocycles. The van der Waals surface area contributed by atoms with E-state index in [1.807, 2.05) is 18.2 Å². The van der Waals surface area contributed by atoms with Crippen molar-refractivity contribution in [3.63, 3.8) is 0 Å². The molecule has 0 radical (unpaired) electrons. The van der Waals surface area contributed by atoms with Crippen molar-refractivity contribution in [3.05, 3.63) is 35.9 Å². The second kappa shape index (κ2) is 6.16. The van der Waals surface area contributed by atoms with Crippen LogP contribution in [0.15, 0.2) is 30.3 Å². The molecule has 2 amide bonds. The molecule has 1 aliphatic heterocycles. The fraction of sp³-hybridized carbons (Fsp3) is 0.385. The Balaban J connectivity index is 2.20. The van der Waals surface area contributed by atoms with Crippen LogP contribution in [0.4, 0.5) is 0 Å². The molecule has 0 bridgehead atoms. The van der Waals surface area contributed by atoms with Gasteiger partial charge in [-0.25, -0.2) is 0 Å². The van der Waals surface area contributed by atoms with Gasteiger partial charge in [0.15, 0.2) is 0 Å². The lowest BCUT2D eigenvalue weighted by molar-refractivity contribution is -0.131. The Hall–Kier alpha value is -1.88. The van der Waals surface area contributed by atoms with Crippen molar-refractivity contribution in [2.24, 2.45) is 0 Å². The molecule has 0 atom stereocenters. The van der Waals surface area contributed by atoms with E-state index < -0.39 is 5.92 Å². The number of carbonyl (C=O) groups excluding carboxylic acids is 2. The van der Waals surface area contributed by atoms with E-state index in [1.165, 1.54) is 0 Å². The Bertz CT molecular complexity index is 400. The molecule has 0 aliphatic carbocycles. The number of benzene rings is 1. The number of rotatable bonds is 1. The Morgan fingerprint density at radius 2 is 1.39 bits per heavy atom. The van der Waals surface area contributed by atoms with Gasteiger partial charge in [0.2, 0.25) is 11.8 Å². The van der Waals surface area contributed by atoms with Crippen molar-refractivity contribution in [2.45, 2.75) is 5.92 Å². The van der Waals surface area contributed by atoms with Crippen molar-refractivity contribution in [2.75, 3.05) is 26.2 Å². The highest BCUT2D eigenvalue weighted by atomic mass is 16.2. The molecule has 1 fully saturated rings.